The van der Waals surface area contributed by atoms with Crippen LogP contribution in [0.15, 0.2) is 28.8 Å². The zero-order valence-corrected chi connectivity index (χ0v) is 19.7. The molecule has 2 aliphatic heterocycles. The molecule has 7 heteroatoms. The minimum absolute atomic E-state index is 0.0277. The summed E-state index contributed by atoms with van der Waals surface area (Å²) in [5.74, 6) is -1.43. The van der Waals surface area contributed by atoms with E-state index in [4.69, 9.17) is 14.2 Å². The smallest absolute Gasteiger partial charge is 0.335 e. The number of methoxy groups -OCH3 is 1. The van der Waals surface area contributed by atoms with Gasteiger partial charge in [0.2, 0.25) is 0 Å². The lowest BCUT2D eigenvalue weighted by atomic mass is 9.57. The van der Waals surface area contributed by atoms with E-state index in [-0.39, 0.29) is 47.4 Å². The van der Waals surface area contributed by atoms with Gasteiger partial charge in [0.25, 0.3) is 0 Å². The van der Waals surface area contributed by atoms with Crippen molar-refractivity contribution in [2.24, 2.45) is 40.5 Å². The summed E-state index contributed by atoms with van der Waals surface area (Å²) < 4.78 is 18.1. The molecule has 0 radical (unpaired) electrons. The quantitative estimate of drug-likeness (QED) is 0.407. The van der Waals surface area contributed by atoms with Crippen LogP contribution in [0.2, 0.25) is 0 Å². The number of aliphatic hydroxyl groups excluding tert-OH is 1. The number of ketones is 1. The van der Waals surface area contributed by atoms with Crippen molar-refractivity contribution in [1.29, 1.82) is 0 Å². The second-order valence-electron chi connectivity index (χ2n) is 9.91. The number of Topliss-reactive ketones (excluding diaryl/α,β-unsaturated/α-hetero) is 1. The molecule has 2 aliphatic carbocycles. The van der Waals surface area contributed by atoms with Gasteiger partial charge in [-0.2, -0.15) is 0 Å². The number of carbonyl (C=O) groups is 2. The highest BCUT2D eigenvalue weighted by Crippen LogP contribution is 2.60. The highest BCUT2D eigenvalue weighted by molar-refractivity contribution is 5.91. The van der Waals surface area contributed by atoms with Crippen LogP contribution in [0.1, 0.15) is 34.1 Å². The summed E-state index contributed by atoms with van der Waals surface area (Å²) in [5.41, 5.74) is 0.0995. The Morgan fingerprint density at radius 2 is 2.03 bits per heavy atom. The van der Waals surface area contributed by atoms with Crippen LogP contribution in [-0.2, 0) is 23.8 Å². The number of carbonyl (C=O) groups excluding carboxylic acids is 2. The van der Waals surface area contributed by atoms with Gasteiger partial charge in [-0.15, -0.1) is 0 Å². The number of aliphatic hydroxyl groups is 1. The number of hydrogen-bond acceptors (Lipinski definition) is 7. The summed E-state index contributed by atoms with van der Waals surface area (Å²) in [5, 5.41) is 10.3. The predicted molar refractivity (Wildman–Crippen MR) is 119 cm³/mol. The highest BCUT2D eigenvalue weighted by atomic mass is 16.6. The fraction of sp³-hybridized carbons (Fsp3) is 0.720. The summed E-state index contributed by atoms with van der Waals surface area (Å²) >= 11 is 0. The fourth-order valence-electron chi connectivity index (χ4n) is 6.55. The lowest BCUT2D eigenvalue weighted by Crippen LogP contribution is -2.54. The molecular formula is C25H35NO6. The Bertz CT molecular complexity index is 862. The number of ether oxygens (including phenoxy) is 3. The van der Waals surface area contributed by atoms with Crippen LogP contribution >= 0.6 is 0 Å². The van der Waals surface area contributed by atoms with Crippen LogP contribution in [0, 0.1) is 35.5 Å². The third-order valence-corrected chi connectivity index (χ3v) is 8.10. The second-order valence-corrected chi connectivity index (χ2v) is 9.91. The second kappa shape index (κ2) is 8.50. The maximum absolute atomic E-state index is 13.7. The van der Waals surface area contributed by atoms with Gasteiger partial charge in [-0.25, -0.2) is 4.79 Å². The van der Waals surface area contributed by atoms with E-state index in [9.17, 15) is 14.7 Å². The van der Waals surface area contributed by atoms with E-state index < -0.39 is 29.9 Å². The molecule has 2 fully saturated rings. The zero-order chi connectivity index (χ0) is 23.4. The van der Waals surface area contributed by atoms with Gasteiger partial charge in [0.05, 0.1) is 18.1 Å². The van der Waals surface area contributed by atoms with E-state index >= 15 is 0 Å². The molecule has 1 unspecified atom stereocenters. The SMILES string of the molecule is CN=C[C@@H]1C(C)C(=O)[C@@H]2[C@H]3C=C[C@@H]4C[C@H](OC)C(=O)O[C@H]([C@@H](C)O)[C@H](C)/C=C(\C)[C@]42O[C@H]31. The van der Waals surface area contributed by atoms with Crippen LogP contribution in [-0.4, -0.2) is 67.2 Å². The Balaban J connectivity index is 1.88. The lowest BCUT2D eigenvalue weighted by Gasteiger charge is -2.45. The van der Waals surface area contributed by atoms with E-state index in [0.29, 0.717) is 6.42 Å². The molecule has 0 amide bonds. The standard InChI is InChI=1S/C25H35NO6/c1-12-9-13(2)25-16(10-19(30-6)24(29)31-22(12)15(4)27)7-8-17-20(25)21(28)14(3)18(11-26-5)23(17)32-25/h7-9,11-12,14-20,22-23,27H,10H2,1-6H3/b13-9+,26-11?/t12-,14?,15-,16-,17-,18-,19+,20+,22+,23-,25+/m1/s1. The first-order valence-electron chi connectivity index (χ1n) is 11.6. The Morgan fingerprint density at radius 1 is 1.31 bits per heavy atom. The van der Waals surface area contributed by atoms with Gasteiger partial charge in [0.15, 0.2) is 6.10 Å². The van der Waals surface area contributed by atoms with E-state index in [2.05, 4.69) is 17.1 Å². The molecule has 4 rings (SSSR count). The molecule has 1 N–H and O–H groups in total. The fourth-order valence-corrected chi connectivity index (χ4v) is 6.55. The summed E-state index contributed by atoms with van der Waals surface area (Å²) in [4.78, 5) is 30.9. The summed E-state index contributed by atoms with van der Waals surface area (Å²) in [7, 11) is 3.21. The third kappa shape index (κ3) is 3.32. The molecule has 32 heavy (non-hydrogen) atoms. The maximum atomic E-state index is 13.7. The first-order chi connectivity index (χ1) is 15.2. The van der Waals surface area contributed by atoms with E-state index in [1.54, 1.807) is 14.0 Å². The molecule has 7 nitrogen and oxygen atoms in total. The molecule has 0 aromatic heterocycles. The number of aliphatic imine (C=N–C) groups is 1. The predicted octanol–water partition coefficient (Wildman–Crippen LogP) is 2.37. The summed E-state index contributed by atoms with van der Waals surface area (Å²) in [6.45, 7) is 7.50. The maximum Gasteiger partial charge on any atom is 0.335 e. The largest absolute Gasteiger partial charge is 0.457 e. The van der Waals surface area contributed by atoms with Crippen molar-refractivity contribution in [3.8, 4) is 0 Å². The van der Waals surface area contributed by atoms with Gasteiger partial charge in [0.1, 0.15) is 17.5 Å². The normalized spacial score (nSPS) is 48.7. The van der Waals surface area contributed by atoms with Gasteiger partial charge in [-0.3, -0.25) is 4.79 Å². The number of rotatable bonds is 3. The Kier molecular flexibility index (Phi) is 6.20. The number of nitrogens with zero attached hydrogens (tertiary/aromatic N) is 1. The molecule has 4 aliphatic rings. The van der Waals surface area contributed by atoms with Crippen LogP contribution in [0.3, 0.4) is 0 Å². The van der Waals surface area contributed by atoms with Gasteiger partial charge >= 0.3 is 5.97 Å². The lowest BCUT2D eigenvalue weighted by molar-refractivity contribution is -0.171. The van der Waals surface area contributed by atoms with Crippen LogP contribution in [0.25, 0.3) is 0 Å². The molecule has 0 aromatic rings. The first kappa shape index (κ1) is 23.3. The number of hydrogen-bond donors (Lipinski definition) is 1. The van der Waals surface area contributed by atoms with Gasteiger partial charge < -0.3 is 24.3 Å². The van der Waals surface area contributed by atoms with Crippen LogP contribution in [0.5, 0.6) is 0 Å². The molecule has 1 saturated heterocycles. The molecule has 1 saturated carbocycles. The van der Waals surface area contributed by atoms with E-state index in [1.807, 2.05) is 33.1 Å². The monoisotopic (exact) mass is 445 g/mol. The summed E-state index contributed by atoms with van der Waals surface area (Å²) in [6.07, 6.45) is 5.87. The number of esters is 1. The van der Waals surface area contributed by atoms with Crippen molar-refractivity contribution >= 4 is 18.0 Å². The third-order valence-electron chi connectivity index (χ3n) is 8.10. The van der Waals surface area contributed by atoms with E-state index in [0.717, 1.165) is 5.57 Å². The van der Waals surface area contributed by atoms with Gasteiger partial charge in [-0.1, -0.05) is 32.1 Å². The first-order valence-corrected chi connectivity index (χ1v) is 11.6. The molecule has 0 aromatic carbocycles. The minimum Gasteiger partial charge on any atom is -0.457 e. The van der Waals surface area contributed by atoms with Gasteiger partial charge in [-0.05, 0) is 25.8 Å². The average Bonchev–Trinajstić information content (AvgIpc) is 2.94. The van der Waals surface area contributed by atoms with Crippen molar-refractivity contribution < 1.29 is 28.9 Å². The molecule has 176 valence electrons. The van der Waals surface area contributed by atoms with Crippen molar-refractivity contribution in [1.82, 2.24) is 0 Å². The summed E-state index contributed by atoms with van der Waals surface area (Å²) in [6, 6.07) is 0. The van der Waals surface area contributed by atoms with Crippen LogP contribution < -0.4 is 0 Å². The van der Waals surface area contributed by atoms with Crippen LogP contribution in [0.4, 0.5) is 0 Å². The average molecular weight is 446 g/mol. The number of cyclic esters (lactones) is 1. The molecule has 2 heterocycles. The van der Waals surface area contributed by atoms with E-state index in [1.165, 1.54) is 7.11 Å². The Morgan fingerprint density at radius 3 is 2.66 bits per heavy atom. The Labute approximate surface area is 189 Å². The van der Waals surface area contributed by atoms with Crippen molar-refractivity contribution in [2.45, 2.75) is 64.1 Å². The van der Waals surface area contributed by atoms with Crippen molar-refractivity contribution in [2.75, 3.05) is 14.2 Å². The Hall–Kier alpha value is -1.83. The van der Waals surface area contributed by atoms with Crippen molar-refractivity contribution in [3.05, 3.63) is 23.8 Å². The topological polar surface area (TPSA) is 94.4 Å². The minimum atomic E-state index is -0.850. The van der Waals surface area contributed by atoms with Gasteiger partial charge in [0, 0.05) is 50.0 Å². The molecule has 4 bridgehead atoms. The highest BCUT2D eigenvalue weighted by Gasteiger charge is 2.68. The molecular weight excluding hydrogens is 410 g/mol. The molecule has 11 atom stereocenters. The van der Waals surface area contributed by atoms with Crippen molar-refractivity contribution in [3.63, 3.8) is 0 Å². The zero-order valence-electron chi connectivity index (χ0n) is 19.7. The molecule has 1 spiro atoms.